The first-order valence-corrected chi connectivity index (χ1v) is 12.5. The van der Waals surface area contributed by atoms with Gasteiger partial charge in [0.2, 0.25) is 0 Å². The van der Waals surface area contributed by atoms with Crippen LogP contribution in [0.2, 0.25) is 0 Å². The topological polar surface area (TPSA) is 104 Å². The molecule has 0 rings (SSSR count). The zero-order valence-electron chi connectivity index (χ0n) is 13.8. The zero-order chi connectivity index (χ0) is 20.9. The zero-order valence-corrected chi connectivity index (χ0v) is 17.5. The van der Waals surface area contributed by atoms with Gasteiger partial charge < -0.3 is 22.9 Å². The predicted octanol–water partition coefficient (Wildman–Crippen LogP) is 3.26. The molecule has 0 heterocycles. The van der Waals surface area contributed by atoms with E-state index in [1.807, 2.05) is 0 Å². The molecule has 0 amide bonds. The van der Waals surface area contributed by atoms with Crippen LogP contribution in [0.15, 0.2) is 0 Å². The minimum atomic E-state index is -4.34. The van der Waals surface area contributed by atoms with Crippen LogP contribution in [0.3, 0.4) is 0 Å². The molecule has 0 aromatic carbocycles. The van der Waals surface area contributed by atoms with Crippen LogP contribution in [0.4, 0.5) is 26.3 Å². The molecule has 1 atom stereocenters. The van der Waals surface area contributed by atoms with E-state index in [1.165, 1.54) is 13.8 Å². The van der Waals surface area contributed by atoms with Gasteiger partial charge in [0, 0.05) is 13.1 Å². The summed E-state index contributed by atoms with van der Waals surface area (Å²) in [7, 11) is 9.75. The van der Waals surface area contributed by atoms with Gasteiger partial charge in [0.15, 0.2) is 0 Å². The van der Waals surface area contributed by atoms with Crippen LogP contribution in [0.1, 0.15) is 26.7 Å². The molecule has 0 fully saturated rings. The maximum atomic E-state index is 12.2. The molecule has 4 nitrogen and oxygen atoms in total. The molecular formula is C12H25Cl2F6N4Pt-. The summed E-state index contributed by atoms with van der Waals surface area (Å²) in [5, 5.41) is 0. The molecule has 0 aliphatic heterocycles. The summed E-state index contributed by atoms with van der Waals surface area (Å²) in [6.45, 7) is 2.10. The van der Waals surface area contributed by atoms with Gasteiger partial charge in [0.25, 0.3) is 0 Å². The summed E-state index contributed by atoms with van der Waals surface area (Å²) in [5.74, 6) is 0. The first kappa shape index (κ1) is 30.4. The summed E-state index contributed by atoms with van der Waals surface area (Å²) >= 11 is -0.472. The number of halogens is 8. The Labute approximate surface area is 160 Å². The summed E-state index contributed by atoms with van der Waals surface area (Å²) in [4.78, 5) is 0. The van der Waals surface area contributed by atoms with Crippen LogP contribution in [0.5, 0.6) is 0 Å². The minimum absolute atomic E-state index is 0.0660. The Bertz CT molecular complexity index is 277. The average molecular weight is 605 g/mol. The van der Waals surface area contributed by atoms with Crippen molar-refractivity contribution in [3.8, 4) is 0 Å². The standard InChI is InChI=1S/C6H13F3N2.C6H12F3N2.2ClH.Pt/c2*1-2-5(3-10,4-11)6(7,8)9;;;/h2-4,10-11H2,1H3;3H,2,4,10-11H2,1H3;2*1H;/q;-1;;;+2/p-2. The van der Waals surface area contributed by atoms with Crippen LogP contribution in [-0.4, -0.2) is 32.0 Å². The van der Waals surface area contributed by atoms with Crippen LogP contribution < -0.4 is 22.9 Å². The molecule has 0 saturated carbocycles. The second kappa shape index (κ2) is 13.8. The van der Waals surface area contributed by atoms with Crippen molar-refractivity contribution in [3.05, 3.63) is 6.54 Å². The number of hydrogen-bond acceptors (Lipinski definition) is 4. The van der Waals surface area contributed by atoms with Crippen molar-refractivity contribution in [1.29, 1.82) is 0 Å². The van der Waals surface area contributed by atoms with Crippen molar-refractivity contribution in [1.82, 2.24) is 0 Å². The van der Waals surface area contributed by atoms with Gasteiger partial charge in [-0.1, -0.05) is 20.3 Å². The average Bonchev–Trinajstić information content (AvgIpc) is 2.50. The molecule has 0 bridgehead atoms. The number of alkyl halides is 6. The molecule has 0 spiro atoms. The Morgan fingerprint density at radius 3 is 1.16 bits per heavy atom. The Kier molecular flexibility index (Phi) is 16.8. The molecule has 0 aromatic rings. The summed E-state index contributed by atoms with van der Waals surface area (Å²) in [6.07, 6.45) is -8.82. The van der Waals surface area contributed by atoms with Crippen molar-refractivity contribution in [2.75, 3.05) is 19.6 Å². The van der Waals surface area contributed by atoms with Gasteiger partial charge in [-0.25, -0.2) is 0 Å². The molecule has 0 aromatic heterocycles. The van der Waals surface area contributed by atoms with Crippen LogP contribution in [-0.2, 0) is 16.5 Å². The second-order valence-electron chi connectivity index (χ2n) is 4.96. The van der Waals surface area contributed by atoms with Crippen LogP contribution in [0.25, 0.3) is 0 Å². The molecule has 0 radical (unpaired) electrons. The van der Waals surface area contributed by atoms with Crippen molar-refractivity contribution < 1.29 is 42.8 Å². The monoisotopic (exact) mass is 604 g/mol. The molecule has 0 saturated heterocycles. The SMILES string of the molecule is CCC(CN)(CN)C(F)(F)F.CCC([CH-]N)(CN)C(F)(F)F.[Cl][Pt][Cl]. The van der Waals surface area contributed by atoms with Gasteiger partial charge in [0.1, 0.15) is 0 Å². The van der Waals surface area contributed by atoms with E-state index in [-0.39, 0.29) is 12.8 Å². The Morgan fingerprint density at radius 2 is 1.16 bits per heavy atom. The van der Waals surface area contributed by atoms with Gasteiger partial charge in [-0.05, 0) is 18.4 Å². The van der Waals surface area contributed by atoms with Gasteiger partial charge in [-0.15, -0.1) is 0 Å². The third-order valence-electron chi connectivity index (χ3n) is 3.94. The van der Waals surface area contributed by atoms with Crippen molar-refractivity contribution in [2.45, 2.75) is 39.0 Å². The maximum absolute atomic E-state index is 12.2. The fourth-order valence-corrected chi connectivity index (χ4v) is 1.54. The molecule has 25 heavy (non-hydrogen) atoms. The molecule has 160 valence electrons. The van der Waals surface area contributed by atoms with E-state index < -0.39 is 59.3 Å². The number of rotatable bonds is 6. The van der Waals surface area contributed by atoms with Gasteiger partial charge in [-0.3, -0.25) is 6.54 Å². The quantitative estimate of drug-likeness (QED) is 0.276. The molecule has 13 heteroatoms. The first-order valence-electron chi connectivity index (χ1n) is 6.90. The summed E-state index contributed by atoms with van der Waals surface area (Å²) < 4.78 is 73.2. The van der Waals surface area contributed by atoms with Crippen molar-refractivity contribution in [3.63, 3.8) is 0 Å². The fraction of sp³-hybridized carbons (Fsp3) is 0.917. The van der Waals surface area contributed by atoms with Gasteiger partial charge >= 0.3 is 47.7 Å². The van der Waals surface area contributed by atoms with E-state index in [4.69, 9.17) is 41.8 Å². The van der Waals surface area contributed by atoms with Crippen LogP contribution >= 0.6 is 18.8 Å². The molecule has 0 aliphatic carbocycles. The van der Waals surface area contributed by atoms with E-state index in [9.17, 15) is 26.3 Å². The number of hydrogen-bond donors (Lipinski definition) is 4. The normalized spacial score (nSPS) is 14.8. The van der Waals surface area contributed by atoms with Gasteiger partial charge in [-0.2, -0.15) is 26.3 Å². The second-order valence-corrected chi connectivity index (χ2v) is 8.25. The summed E-state index contributed by atoms with van der Waals surface area (Å²) in [6, 6.07) is 0. The van der Waals surface area contributed by atoms with Gasteiger partial charge in [0.05, 0.1) is 5.41 Å². The van der Waals surface area contributed by atoms with Crippen molar-refractivity contribution >= 4 is 18.8 Å². The van der Waals surface area contributed by atoms with E-state index in [0.29, 0.717) is 6.54 Å². The Hall–Kier alpha value is 0.688. The molecule has 0 aliphatic rings. The molecule has 8 N–H and O–H groups in total. The summed E-state index contributed by atoms with van der Waals surface area (Å²) in [5.41, 5.74) is 16.0. The van der Waals surface area contributed by atoms with E-state index in [0.717, 1.165) is 0 Å². The molecule has 1 unspecified atom stereocenters. The number of nitrogens with two attached hydrogens (primary N) is 4. The van der Waals surface area contributed by atoms with E-state index in [2.05, 4.69) is 0 Å². The Morgan fingerprint density at radius 1 is 0.800 bits per heavy atom. The third kappa shape index (κ3) is 9.44. The fourth-order valence-electron chi connectivity index (χ4n) is 1.54. The van der Waals surface area contributed by atoms with Crippen LogP contribution in [0, 0.1) is 17.4 Å². The van der Waals surface area contributed by atoms with Crippen molar-refractivity contribution in [2.24, 2.45) is 33.8 Å². The predicted molar refractivity (Wildman–Crippen MR) is 84.9 cm³/mol. The van der Waals surface area contributed by atoms with E-state index >= 15 is 0 Å². The third-order valence-corrected chi connectivity index (χ3v) is 3.94. The first-order chi connectivity index (χ1) is 11.3. The Balaban J connectivity index is -0.000000334. The molecular weight excluding hydrogens is 580 g/mol. The van der Waals surface area contributed by atoms with E-state index in [1.54, 1.807) is 0 Å².